The lowest BCUT2D eigenvalue weighted by molar-refractivity contribution is 0.178. The van der Waals surface area contributed by atoms with Gasteiger partial charge in [0.15, 0.2) is 0 Å². The quantitative estimate of drug-likeness (QED) is 0.838. The van der Waals surface area contributed by atoms with Crippen LogP contribution in [0.1, 0.15) is 24.9 Å². The Hall–Kier alpha value is -1.31. The minimum absolute atomic E-state index is 0.369. The van der Waals surface area contributed by atoms with Crippen LogP contribution < -0.4 is 5.32 Å². The van der Waals surface area contributed by atoms with Crippen LogP contribution in [0.4, 0.5) is 0 Å². The summed E-state index contributed by atoms with van der Waals surface area (Å²) in [6.07, 6.45) is 1.12. The van der Waals surface area contributed by atoms with Crippen molar-refractivity contribution in [1.29, 1.82) is 5.26 Å². The zero-order chi connectivity index (χ0) is 11.4. The molecule has 0 saturated carbocycles. The van der Waals surface area contributed by atoms with Crippen molar-refractivity contribution in [3.8, 4) is 6.07 Å². The average molecular weight is 220 g/mol. The molecule has 0 radical (unpaired) electrons. The fourth-order valence-corrected chi connectivity index (χ4v) is 1.91. The van der Waals surface area contributed by atoms with Crippen LogP contribution in [0.3, 0.4) is 0 Å². The van der Waals surface area contributed by atoms with Gasteiger partial charge in [0.05, 0.1) is 13.2 Å². The first kappa shape index (κ1) is 11.2. The first-order valence-electron chi connectivity index (χ1n) is 5.59. The second-order valence-corrected chi connectivity index (χ2v) is 4.17. The summed E-state index contributed by atoms with van der Waals surface area (Å²) in [6, 6.07) is 5.92. The number of furan rings is 1. The van der Waals surface area contributed by atoms with E-state index in [1.807, 2.05) is 12.1 Å². The van der Waals surface area contributed by atoms with Gasteiger partial charge in [-0.2, -0.15) is 5.26 Å². The van der Waals surface area contributed by atoms with Crippen LogP contribution >= 0.6 is 0 Å². The fraction of sp³-hybridized carbons (Fsp3) is 0.583. The van der Waals surface area contributed by atoms with Crippen LogP contribution in [-0.2, 0) is 11.3 Å². The molecule has 86 valence electrons. The molecule has 4 nitrogen and oxygen atoms in total. The number of nitrogens with zero attached hydrogens (tertiary/aromatic N) is 1. The molecule has 16 heavy (non-hydrogen) atoms. The summed E-state index contributed by atoms with van der Waals surface area (Å²) in [7, 11) is 0. The standard InChI is InChI=1S/C12H16N2O2/c1-9(10-4-5-15-8-10)14-7-12-3-2-11(6-13)16-12/h2-3,9-10,14H,4-5,7-8H2,1H3. The largest absolute Gasteiger partial charge is 0.449 e. The molecule has 2 unspecified atom stereocenters. The number of nitrogens with one attached hydrogen (secondary N) is 1. The van der Waals surface area contributed by atoms with E-state index in [2.05, 4.69) is 12.2 Å². The van der Waals surface area contributed by atoms with E-state index in [1.54, 1.807) is 6.07 Å². The highest BCUT2D eigenvalue weighted by Crippen LogP contribution is 2.17. The van der Waals surface area contributed by atoms with Gasteiger partial charge in [0.1, 0.15) is 11.8 Å². The minimum atomic E-state index is 0.369. The fourth-order valence-electron chi connectivity index (χ4n) is 1.91. The Morgan fingerprint density at radius 2 is 2.50 bits per heavy atom. The van der Waals surface area contributed by atoms with E-state index < -0.39 is 0 Å². The van der Waals surface area contributed by atoms with Crippen LogP contribution in [0.15, 0.2) is 16.5 Å². The maximum atomic E-state index is 8.62. The van der Waals surface area contributed by atoms with Crippen molar-refractivity contribution in [1.82, 2.24) is 5.32 Å². The second kappa shape index (κ2) is 5.15. The van der Waals surface area contributed by atoms with Crippen molar-refractivity contribution in [2.24, 2.45) is 5.92 Å². The lowest BCUT2D eigenvalue weighted by atomic mass is 10.0. The van der Waals surface area contributed by atoms with E-state index in [1.165, 1.54) is 0 Å². The third-order valence-electron chi connectivity index (χ3n) is 3.04. The summed E-state index contributed by atoms with van der Waals surface area (Å²) in [5.41, 5.74) is 0. The second-order valence-electron chi connectivity index (χ2n) is 4.17. The summed E-state index contributed by atoms with van der Waals surface area (Å²) in [5, 5.41) is 12.0. The smallest absolute Gasteiger partial charge is 0.203 e. The highest BCUT2D eigenvalue weighted by molar-refractivity contribution is 5.18. The number of hydrogen-bond acceptors (Lipinski definition) is 4. The SMILES string of the molecule is CC(NCc1ccc(C#N)o1)C1CCOC1. The number of hydrogen-bond donors (Lipinski definition) is 1. The van der Waals surface area contributed by atoms with Crippen molar-refractivity contribution in [3.63, 3.8) is 0 Å². The molecule has 0 aliphatic carbocycles. The van der Waals surface area contributed by atoms with Gasteiger partial charge in [0, 0.05) is 12.6 Å². The molecule has 0 bridgehead atoms. The third kappa shape index (κ3) is 2.63. The predicted molar refractivity (Wildman–Crippen MR) is 58.7 cm³/mol. The molecular formula is C12H16N2O2. The summed E-state index contributed by atoms with van der Waals surface area (Å²) >= 11 is 0. The first-order valence-corrected chi connectivity index (χ1v) is 5.59. The van der Waals surface area contributed by atoms with Gasteiger partial charge < -0.3 is 14.5 Å². The molecule has 1 N–H and O–H groups in total. The molecule has 0 aromatic carbocycles. The summed E-state index contributed by atoms with van der Waals surface area (Å²) in [6.45, 7) is 4.54. The summed E-state index contributed by atoms with van der Waals surface area (Å²) < 4.78 is 10.6. The third-order valence-corrected chi connectivity index (χ3v) is 3.04. The van der Waals surface area contributed by atoms with Gasteiger partial charge in [-0.15, -0.1) is 0 Å². The molecule has 1 saturated heterocycles. The zero-order valence-electron chi connectivity index (χ0n) is 9.40. The van der Waals surface area contributed by atoms with Crippen LogP contribution in [0, 0.1) is 17.2 Å². The van der Waals surface area contributed by atoms with Crippen LogP contribution in [0.5, 0.6) is 0 Å². The maximum absolute atomic E-state index is 8.62. The number of nitriles is 1. The van der Waals surface area contributed by atoms with E-state index in [4.69, 9.17) is 14.4 Å². The molecule has 1 aromatic heterocycles. The Kier molecular flexibility index (Phi) is 3.60. The highest BCUT2D eigenvalue weighted by atomic mass is 16.5. The van der Waals surface area contributed by atoms with E-state index in [0.717, 1.165) is 25.4 Å². The summed E-state index contributed by atoms with van der Waals surface area (Å²) in [4.78, 5) is 0. The minimum Gasteiger partial charge on any atom is -0.449 e. The molecule has 1 aromatic rings. The van der Waals surface area contributed by atoms with E-state index in [-0.39, 0.29) is 0 Å². The molecule has 0 spiro atoms. The molecule has 0 amide bonds. The van der Waals surface area contributed by atoms with Gasteiger partial charge in [-0.3, -0.25) is 0 Å². The van der Waals surface area contributed by atoms with Crippen molar-refractivity contribution in [2.75, 3.05) is 13.2 Å². The molecular weight excluding hydrogens is 204 g/mol. The van der Waals surface area contributed by atoms with Gasteiger partial charge in [-0.05, 0) is 31.4 Å². The van der Waals surface area contributed by atoms with Gasteiger partial charge in [-0.25, -0.2) is 0 Å². The molecule has 1 fully saturated rings. The van der Waals surface area contributed by atoms with Crippen molar-refractivity contribution in [3.05, 3.63) is 23.7 Å². The van der Waals surface area contributed by atoms with Gasteiger partial charge in [0.25, 0.3) is 0 Å². The van der Waals surface area contributed by atoms with E-state index in [9.17, 15) is 0 Å². The molecule has 2 heterocycles. The molecule has 4 heteroatoms. The van der Waals surface area contributed by atoms with Gasteiger partial charge in [-0.1, -0.05) is 0 Å². The van der Waals surface area contributed by atoms with Crippen LogP contribution in [0.25, 0.3) is 0 Å². The topological polar surface area (TPSA) is 58.2 Å². The molecule has 1 aliphatic rings. The zero-order valence-corrected chi connectivity index (χ0v) is 9.40. The lowest BCUT2D eigenvalue weighted by Crippen LogP contribution is -2.33. The summed E-state index contributed by atoms with van der Waals surface area (Å²) in [5.74, 6) is 1.77. The average Bonchev–Trinajstić information content (AvgIpc) is 2.96. The Morgan fingerprint density at radius 3 is 3.12 bits per heavy atom. The van der Waals surface area contributed by atoms with E-state index in [0.29, 0.717) is 24.3 Å². The van der Waals surface area contributed by atoms with Crippen LogP contribution in [0.2, 0.25) is 0 Å². The molecule has 1 aliphatic heterocycles. The Bertz CT molecular complexity index is 375. The molecule has 2 atom stereocenters. The van der Waals surface area contributed by atoms with Crippen molar-refractivity contribution >= 4 is 0 Å². The molecule has 2 rings (SSSR count). The Morgan fingerprint density at radius 1 is 1.62 bits per heavy atom. The Balaban J connectivity index is 1.80. The Labute approximate surface area is 95.2 Å². The van der Waals surface area contributed by atoms with Gasteiger partial charge in [0.2, 0.25) is 5.76 Å². The first-order chi connectivity index (χ1) is 7.79. The lowest BCUT2D eigenvalue weighted by Gasteiger charge is -2.18. The highest BCUT2D eigenvalue weighted by Gasteiger charge is 2.21. The monoisotopic (exact) mass is 220 g/mol. The predicted octanol–water partition coefficient (Wildman–Crippen LogP) is 1.67. The van der Waals surface area contributed by atoms with Gasteiger partial charge >= 0.3 is 0 Å². The number of rotatable bonds is 4. The maximum Gasteiger partial charge on any atom is 0.203 e. The number of ether oxygens (including phenoxy) is 1. The van der Waals surface area contributed by atoms with Crippen molar-refractivity contribution in [2.45, 2.75) is 25.9 Å². The van der Waals surface area contributed by atoms with E-state index >= 15 is 0 Å². The van der Waals surface area contributed by atoms with Crippen LogP contribution in [-0.4, -0.2) is 19.3 Å². The normalized spacial score (nSPS) is 21.9. The van der Waals surface area contributed by atoms with Crippen molar-refractivity contribution < 1.29 is 9.15 Å².